The van der Waals surface area contributed by atoms with E-state index in [1.807, 2.05) is 17.0 Å². The Balaban J connectivity index is 1.26. The average Bonchev–Trinajstić information content (AvgIpc) is 3.25. The van der Waals surface area contributed by atoms with E-state index in [1.165, 1.54) is 12.7 Å². The fourth-order valence-electron chi connectivity index (χ4n) is 5.08. The minimum absolute atomic E-state index is 0.00180. The van der Waals surface area contributed by atoms with Gasteiger partial charge < -0.3 is 19.7 Å². The van der Waals surface area contributed by atoms with Gasteiger partial charge in [0.05, 0.1) is 20.6 Å². The van der Waals surface area contributed by atoms with E-state index in [0.29, 0.717) is 18.8 Å². The van der Waals surface area contributed by atoms with Crippen LogP contribution in [0.4, 0.5) is 5.82 Å². The number of hydrogen-bond acceptors (Lipinski definition) is 7. The lowest BCUT2D eigenvalue weighted by atomic mass is 9.92. The van der Waals surface area contributed by atoms with Crippen LogP contribution in [0.25, 0.3) is 0 Å². The summed E-state index contributed by atoms with van der Waals surface area (Å²) in [6.07, 6.45) is 8.46. The third-order valence-electron chi connectivity index (χ3n) is 7.17. The molecule has 0 saturated carbocycles. The summed E-state index contributed by atoms with van der Waals surface area (Å²) in [7, 11) is 2.99. The molecule has 0 radical (unpaired) electrons. The van der Waals surface area contributed by atoms with Crippen LogP contribution < -0.4 is 10.1 Å². The standard InChI is InChI=1S/C27H36N4O4/c1-34-24-12-9-22(18-29-24)21(17-25(32)35-2)6-4-15-31-16-13-20(27(31)33)8-11-23-10-7-19-5-3-14-28-26(19)30-23/h7,9-10,12,18,20-21H,3-6,8,11,13-17H2,1-2H3,(H,28,30)/t20-,21?/m1/s1. The highest BCUT2D eigenvalue weighted by Gasteiger charge is 2.31. The van der Waals surface area contributed by atoms with Gasteiger partial charge in [-0.2, -0.15) is 0 Å². The van der Waals surface area contributed by atoms with Crippen molar-refractivity contribution in [3.8, 4) is 5.88 Å². The number of rotatable bonds is 11. The number of esters is 1. The van der Waals surface area contributed by atoms with Gasteiger partial charge >= 0.3 is 5.97 Å². The van der Waals surface area contributed by atoms with Crippen molar-refractivity contribution in [2.45, 2.75) is 57.3 Å². The summed E-state index contributed by atoms with van der Waals surface area (Å²) in [5, 5.41) is 3.39. The smallest absolute Gasteiger partial charge is 0.306 e. The van der Waals surface area contributed by atoms with E-state index >= 15 is 0 Å². The zero-order valence-corrected chi connectivity index (χ0v) is 20.8. The van der Waals surface area contributed by atoms with Crippen LogP contribution in [0.5, 0.6) is 5.88 Å². The van der Waals surface area contributed by atoms with Gasteiger partial charge in [-0.1, -0.05) is 12.1 Å². The second-order valence-electron chi connectivity index (χ2n) is 9.44. The summed E-state index contributed by atoms with van der Waals surface area (Å²) in [6, 6.07) is 8.04. The first-order chi connectivity index (χ1) is 17.1. The summed E-state index contributed by atoms with van der Waals surface area (Å²) in [6.45, 7) is 2.49. The Morgan fingerprint density at radius 3 is 2.91 bits per heavy atom. The Morgan fingerprint density at radius 2 is 2.14 bits per heavy atom. The van der Waals surface area contributed by atoms with Gasteiger partial charge in [-0.3, -0.25) is 9.59 Å². The average molecular weight is 481 g/mol. The molecule has 1 amide bonds. The summed E-state index contributed by atoms with van der Waals surface area (Å²) in [5.41, 5.74) is 3.33. The SMILES string of the molecule is COC(=O)CC(CCCN1CC[C@@H](CCc2ccc3c(n2)NCCC3)C1=O)c1ccc(OC)nc1. The molecule has 0 aliphatic carbocycles. The zero-order valence-electron chi connectivity index (χ0n) is 20.8. The Hall–Kier alpha value is -3.16. The second-order valence-corrected chi connectivity index (χ2v) is 9.44. The molecule has 0 aromatic carbocycles. The number of pyridine rings is 2. The van der Waals surface area contributed by atoms with Crippen LogP contribution in [0.2, 0.25) is 0 Å². The van der Waals surface area contributed by atoms with Crippen LogP contribution >= 0.6 is 0 Å². The molecule has 188 valence electrons. The molecule has 0 spiro atoms. The quantitative estimate of drug-likeness (QED) is 0.490. The fraction of sp³-hybridized carbons (Fsp3) is 0.556. The lowest BCUT2D eigenvalue weighted by molar-refractivity contribution is -0.141. The van der Waals surface area contributed by atoms with Gasteiger partial charge in [0.15, 0.2) is 0 Å². The molecule has 2 atom stereocenters. The molecule has 2 aromatic rings. The van der Waals surface area contributed by atoms with Crippen molar-refractivity contribution in [2.24, 2.45) is 5.92 Å². The third-order valence-corrected chi connectivity index (χ3v) is 7.17. The number of nitrogens with zero attached hydrogens (tertiary/aromatic N) is 3. The van der Waals surface area contributed by atoms with Gasteiger partial charge in [0, 0.05) is 43.5 Å². The highest BCUT2D eigenvalue weighted by Crippen LogP contribution is 2.28. The number of aryl methyl sites for hydroxylation is 2. The number of ether oxygens (including phenoxy) is 2. The first-order valence-corrected chi connectivity index (χ1v) is 12.7. The predicted molar refractivity (Wildman–Crippen MR) is 133 cm³/mol. The molecule has 0 bridgehead atoms. The number of carbonyl (C=O) groups excluding carboxylic acids is 2. The minimum atomic E-state index is -0.242. The normalized spacial score (nSPS) is 18.1. The number of aromatic nitrogens is 2. The molecule has 1 saturated heterocycles. The van der Waals surface area contributed by atoms with Gasteiger partial charge in [-0.15, -0.1) is 0 Å². The predicted octanol–water partition coefficient (Wildman–Crippen LogP) is 3.75. The maximum absolute atomic E-state index is 13.0. The van der Waals surface area contributed by atoms with E-state index in [9.17, 15) is 9.59 Å². The molecule has 2 aromatic heterocycles. The summed E-state index contributed by atoms with van der Waals surface area (Å²) >= 11 is 0. The molecule has 4 rings (SSSR count). The first-order valence-electron chi connectivity index (χ1n) is 12.7. The Labute approximate surface area is 207 Å². The first kappa shape index (κ1) is 24.9. The van der Waals surface area contributed by atoms with Gasteiger partial charge in [-0.25, -0.2) is 9.97 Å². The molecule has 4 heterocycles. The van der Waals surface area contributed by atoms with E-state index in [2.05, 4.69) is 22.4 Å². The van der Waals surface area contributed by atoms with Crippen LogP contribution in [-0.2, 0) is 27.2 Å². The van der Waals surface area contributed by atoms with E-state index in [4.69, 9.17) is 14.5 Å². The number of nitrogens with one attached hydrogen (secondary N) is 1. The van der Waals surface area contributed by atoms with E-state index in [1.54, 1.807) is 13.3 Å². The van der Waals surface area contributed by atoms with Crippen LogP contribution in [-0.4, -0.2) is 60.6 Å². The lowest BCUT2D eigenvalue weighted by Gasteiger charge is -2.20. The molecular weight excluding hydrogens is 444 g/mol. The number of methoxy groups -OCH3 is 2. The number of amides is 1. The molecular formula is C27H36N4O4. The van der Waals surface area contributed by atoms with Gasteiger partial charge in [-0.05, 0) is 68.1 Å². The highest BCUT2D eigenvalue weighted by molar-refractivity contribution is 5.80. The van der Waals surface area contributed by atoms with Gasteiger partial charge in [0.25, 0.3) is 0 Å². The maximum Gasteiger partial charge on any atom is 0.306 e. The Kier molecular flexibility index (Phi) is 8.55. The number of carbonyl (C=O) groups is 2. The summed E-state index contributed by atoms with van der Waals surface area (Å²) in [4.78, 5) is 36.0. The van der Waals surface area contributed by atoms with Crippen molar-refractivity contribution in [3.05, 3.63) is 47.3 Å². The number of likely N-dealkylation sites (tertiary alicyclic amines) is 1. The van der Waals surface area contributed by atoms with Crippen LogP contribution in [0.15, 0.2) is 30.5 Å². The Bertz CT molecular complexity index is 1010. The van der Waals surface area contributed by atoms with Crippen molar-refractivity contribution >= 4 is 17.7 Å². The molecule has 1 N–H and O–H groups in total. The van der Waals surface area contributed by atoms with Crippen molar-refractivity contribution in [2.75, 3.05) is 39.2 Å². The fourth-order valence-corrected chi connectivity index (χ4v) is 5.08. The largest absolute Gasteiger partial charge is 0.481 e. The van der Waals surface area contributed by atoms with Crippen LogP contribution in [0.1, 0.15) is 61.3 Å². The molecule has 2 aliphatic rings. The van der Waals surface area contributed by atoms with Crippen molar-refractivity contribution in [1.82, 2.24) is 14.9 Å². The number of hydrogen-bond donors (Lipinski definition) is 1. The van der Waals surface area contributed by atoms with Crippen LogP contribution in [0, 0.1) is 5.92 Å². The Morgan fingerprint density at radius 1 is 1.26 bits per heavy atom. The molecule has 1 fully saturated rings. The lowest BCUT2D eigenvalue weighted by Crippen LogP contribution is -2.29. The topological polar surface area (TPSA) is 93.7 Å². The van der Waals surface area contributed by atoms with E-state index in [0.717, 1.165) is 75.1 Å². The minimum Gasteiger partial charge on any atom is -0.481 e. The van der Waals surface area contributed by atoms with Crippen molar-refractivity contribution < 1.29 is 19.1 Å². The van der Waals surface area contributed by atoms with E-state index < -0.39 is 0 Å². The molecule has 8 heteroatoms. The zero-order chi connectivity index (χ0) is 24.6. The number of fused-ring (bicyclic) bond motifs is 1. The second kappa shape index (κ2) is 12.0. The molecule has 1 unspecified atom stereocenters. The van der Waals surface area contributed by atoms with E-state index in [-0.39, 0.29) is 23.7 Å². The molecule has 8 nitrogen and oxygen atoms in total. The van der Waals surface area contributed by atoms with Crippen molar-refractivity contribution in [3.63, 3.8) is 0 Å². The number of anilines is 1. The highest BCUT2D eigenvalue weighted by atomic mass is 16.5. The summed E-state index contributed by atoms with van der Waals surface area (Å²) < 4.78 is 10.0. The monoisotopic (exact) mass is 480 g/mol. The van der Waals surface area contributed by atoms with Crippen molar-refractivity contribution in [1.29, 1.82) is 0 Å². The summed E-state index contributed by atoms with van der Waals surface area (Å²) in [5.74, 6) is 1.63. The maximum atomic E-state index is 13.0. The van der Waals surface area contributed by atoms with Gasteiger partial charge in [0.2, 0.25) is 11.8 Å². The molecule has 2 aliphatic heterocycles. The molecule has 35 heavy (non-hydrogen) atoms. The van der Waals surface area contributed by atoms with Crippen LogP contribution in [0.3, 0.4) is 0 Å². The third kappa shape index (κ3) is 6.50. The van der Waals surface area contributed by atoms with Gasteiger partial charge in [0.1, 0.15) is 5.82 Å².